The van der Waals surface area contributed by atoms with Crippen molar-refractivity contribution in [3.8, 4) is 11.5 Å². The minimum absolute atomic E-state index is 0.107. The van der Waals surface area contributed by atoms with Gasteiger partial charge in [0, 0.05) is 12.6 Å². The molecule has 0 spiro atoms. The maximum atomic E-state index is 8.86. The van der Waals surface area contributed by atoms with E-state index in [2.05, 4.69) is 5.32 Å². The van der Waals surface area contributed by atoms with E-state index >= 15 is 0 Å². The molecule has 82 valence electrons. The highest BCUT2D eigenvalue weighted by atomic mass is 16.7. The lowest BCUT2D eigenvalue weighted by Gasteiger charge is -2.10. The predicted octanol–water partition coefficient (Wildman–Crippen LogP) is 0.886. The maximum Gasteiger partial charge on any atom is 0.231 e. The summed E-state index contributed by atoms with van der Waals surface area (Å²) in [5.41, 5.74) is 1.12. The van der Waals surface area contributed by atoms with E-state index in [-0.39, 0.29) is 12.6 Å². The van der Waals surface area contributed by atoms with E-state index in [1.807, 2.05) is 25.1 Å². The van der Waals surface area contributed by atoms with Crippen molar-refractivity contribution in [3.05, 3.63) is 23.8 Å². The van der Waals surface area contributed by atoms with Crippen LogP contribution in [0.5, 0.6) is 11.5 Å². The Bertz CT molecular complexity index is 341. The normalized spacial score (nSPS) is 15.3. The lowest BCUT2D eigenvalue weighted by atomic mass is 10.2. The van der Waals surface area contributed by atoms with Crippen LogP contribution in [0.25, 0.3) is 0 Å². The molecule has 4 nitrogen and oxygen atoms in total. The number of aliphatic hydroxyl groups excluding tert-OH is 1. The van der Waals surface area contributed by atoms with Gasteiger partial charge in [0.25, 0.3) is 0 Å². The number of fused-ring (bicyclic) bond motifs is 1. The average Bonchev–Trinajstić information content (AvgIpc) is 2.72. The van der Waals surface area contributed by atoms with Gasteiger partial charge in [-0.3, -0.25) is 0 Å². The van der Waals surface area contributed by atoms with Crippen LogP contribution >= 0.6 is 0 Å². The van der Waals surface area contributed by atoms with E-state index in [0.717, 1.165) is 23.6 Å². The van der Waals surface area contributed by atoms with E-state index in [1.165, 1.54) is 0 Å². The molecule has 1 aromatic carbocycles. The molecule has 0 saturated heterocycles. The van der Waals surface area contributed by atoms with Crippen LogP contribution in [0.4, 0.5) is 0 Å². The van der Waals surface area contributed by atoms with Crippen LogP contribution in [0, 0.1) is 0 Å². The number of ether oxygens (including phenoxy) is 2. The van der Waals surface area contributed by atoms with Gasteiger partial charge in [0.15, 0.2) is 11.5 Å². The van der Waals surface area contributed by atoms with Gasteiger partial charge < -0.3 is 19.9 Å². The lowest BCUT2D eigenvalue weighted by molar-refractivity contribution is 0.174. The van der Waals surface area contributed by atoms with Gasteiger partial charge in [0.1, 0.15) is 0 Å². The summed E-state index contributed by atoms with van der Waals surface area (Å²) in [7, 11) is 0. The number of nitrogens with one attached hydrogen (secondary N) is 1. The van der Waals surface area contributed by atoms with E-state index in [9.17, 15) is 0 Å². The summed E-state index contributed by atoms with van der Waals surface area (Å²) < 4.78 is 10.5. The number of aliphatic hydroxyl groups is 1. The minimum Gasteiger partial charge on any atom is -0.454 e. The molecule has 1 heterocycles. The molecule has 1 aliphatic heterocycles. The highest BCUT2D eigenvalue weighted by molar-refractivity contribution is 5.44. The van der Waals surface area contributed by atoms with Crippen molar-refractivity contribution in [1.29, 1.82) is 0 Å². The third-order valence-electron chi connectivity index (χ3n) is 2.37. The molecule has 1 aromatic rings. The van der Waals surface area contributed by atoms with Gasteiger partial charge >= 0.3 is 0 Å². The van der Waals surface area contributed by atoms with Gasteiger partial charge in [0.2, 0.25) is 6.79 Å². The molecule has 1 atom stereocenters. The third kappa shape index (κ3) is 2.40. The first-order chi connectivity index (χ1) is 7.29. The Labute approximate surface area is 88.8 Å². The van der Waals surface area contributed by atoms with Crippen molar-refractivity contribution in [3.63, 3.8) is 0 Å². The molecule has 0 fully saturated rings. The highest BCUT2D eigenvalue weighted by Crippen LogP contribution is 2.32. The topological polar surface area (TPSA) is 50.7 Å². The second-order valence-electron chi connectivity index (χ2n) is 3.65. The Balaban J connectivity index is 1.98. The molecule has 4 heteroatoms. The summed E-state index contributed by atoms with van der Waals surface area (Å²) in [4.78, 5) is 0. The lowest BCUT2D eigenvalue weighted by Crippen LogP contribution is -2.28. The van der Waals surface area contributed by atoms with E-state index < -0.39 is 0 Å². The molecule has 15 heavy (non-hydrogen) atoms. The van der Waals surface area contributed by atoms with Crippen molar-refractivity contribution in [2.24, 2.45) is 0 Å². The van der Waals surface area contributed by atoms with Gasteiger partial charge in [-0.25, -0.2) is 0 Å². The van der Waals surface area contributed by atoms with Gasteiger partial charge in [0.05, 0.1) is 6.61 Å². The van der Waals surface area contributed by atoms with Gasteiger partial charge in [-0.2, -0.15) is 0 Å². The first-order valence-corrected chi connectivity index (χ1v) is 5.02. The summed E-state index contributed by atoms with van der Waals surface area (Å²) in [5, 5.41) is 12.1. The van der Waals surface area contributed by atoms with Crippen molar-refractivity contribution in [2.75, 3.05) is 13.4 Å². The summed E-state index contributed by atoms with van der Waals surface area (Å²) in [6, 6.07) is 5.96. The van der Waals surface area contributed by atoms with Crippen LogP contribution in [0.3, 0.4) is 0 Å². The summed E-state index contributed by atoms with van der Waals surface area (Å²) in [5.74, 6) is 1.60. The van der Waals surface area contributed by atoms with Crippen molar-refractivity contribution in [1.82, 2.24) is 5.32 Å². The maximum absolute atomic E-state index is 8.86. The van der Waals surface area contributed by atoms with Gasteiger partial charge in [-0.1, -0.05) is 6.07 Å². The summed E-state index contributed by atoms with van der Waals surface area (Å²) in [6.07, 6.45) is 0. The first kappa shape index (κ1) is 10.3. The second-order valence-corrected chi connectivity index (χ2v) is 3.65. The fourth-order valence-electron chi connectivity index (χ4n) is 1.41. The van der Waals surface area contributed by atoms with Crippen LogP contribution in [0.1, 0.15) is 12.5 Å². The number of rotatable bonds is 4. The first-order valence-electron chi connectivity index (χ1n) is 5.02. The number of hydrogen-bond acceptors (Lipinski definition) is 4. The van der Waals surface area contributed by atoms with E-state index in [0.29, 0.717) is 6.79 Å². The monoisotopic (exact) mass is 209 g/mol. The van der Waals surface area contributed by atoms with Gasteiger partial charge in [-0.15, -0.1) is 0 Å². The minimum atomic E-state index is 0.107. The highest BCUT2D eigenvalue weighted by Gasteiger charge is 2.13. The Kier molecular flexibility index (Phi) is 3.08. The van der Waals surface area contributed by atoms with Crippen LogP contribution in [0.2, 0.25) is 0 Å². The van der Waals surface area contributed by atoms with E-state index in [4.69, 9.17) is 14.6 Å². The molecule has 0 aromatic heterocycles. The zero-order valence-corrected chi connectivity index (χ0v) is 8.69. The van der Waals surface area contributed by atoms with Crippen molar-refractivity contribution >= 4 is 0 Å². The zero-order valence-electron chi connectivity index (χ0n) is 8.69. The van der Waals surface area contributed by atoms with Crippen LogP contribution in [0.15, 0.2) is 18.2 Å². The third-order valence-corrected chi connectivity index (χ3v) is 2.37. The SMILES string of the molecule is C[C@H](CO)NCc1ccc2c(c1)OCO2. The summed E-state index contributed by atoms with van der Waals surface area (Å²) in [6.45, 7) is 3.11. The summed E-state index contributed by atoms with van der Waals surface area (Å²) >= 11 is 0. The molecule has 0 saturated carbocycles. The van der Waals surface area contributed by atoms with Crippen LogP contribution in [-0.4, -0.2) is 24.5 Å². The number of benzene rings is 1. The molecular formula is C11H15NO3. The van der Waals surface area contributed by atoms with Gasteiger partial charge in [-0.05, 0) is 24.6 Å². The standard InChI is InChI=1S/C11H15NO3/c1-8(6-13)12-5-9-2-3-10-11(4-9)15-7-14-10/h2-4,8,12-13H,5-7H2,1H3/t8-/m1/s1. The average molecular weight is 209 g/mol. The van der Waals surface area contributed by atoms with Crippen molar-refractivity contribution in [2.45, 2.75) is 19.5 Å². The Morgan fingerprint density at radius 2 is 2.20 bits per heavy atom. The Morgan fingerprint density at radius 1 is 1.40 bits per heavy atom. The van der Waals surface area contributed by atoms with Crippen LogP contribution < -0.4 is 14.8 Å². The largest absolute Gasteiger partial charge is 0.454 e. The smallest absolute Gasteiger partial charge is 0.231 e. The van der Waals surface area contributed by atoms with Crippen LogP contribution in [-0.2, 0) is 6.54 Å². The zero-order chi connectivity index (χ0) is 10.7. The fourth-order valence-corrected chi connectivity index (χ4v) is 1.41. The Morgan fingerprint density at radius 3 is 3.00 bits per heavy atom. The fraction of sp³-hybridized carbons (Fsp3) is 0.455. The molecule has 0 unspecified atom stereocenters. The molecule has 0 aliphatic carbocycles. The number of hydrogen-bond donors (Lipinski definition) is 2. The molecule has 2 N–H and O–H groups in total. The predicted molar refractivity (Wildman–Crippen MR) is 56.0 cm³/mol. The molecule has 0 amide bonds. The molecule has 0 radical (unpaired) electrons. The molecule has 0 bridgehead atoms. The molecule has 2 rings (SSSR count). The quantitative estimate of drug-likeness (QED) is 0.773. The molecular weight excluding hydrogens is 194 g/mol. The van der Waals surface area contributed by atoms with Crippen molar-refractivity contribution < 1.29 is 14.6 Å². The second kappa shape index (κ2) is 4.51. The van der Waals surface area contributed by atoms with E-state index in [1.54, 1.807) is 0 Å². The Hall–Kier alpha value is -1.26. The molecule has 1 aliphatic rings.